The third-order valence-corrected chi connectivity index (χ3v) is 19.9. The number of tetrazole rings is 6. The Kier molecular flexibility index (Phi) is 39.5. The van der Waals surface area contributed by atoms with E-state index in [-0.39, 0.29) is 132 Å². The fraction of sp³-hybridized carbons (Fsp3) is 0.170. The van der Waals surface area contributed by atoms with Gasteiger partial charge >= 0.3 is 98.8 Å². The summed E-state index contributed by atoms with van der Waals surface area (Å²) in [4.78, 5) is 55.1. The Labute approximate surface area is 895 Å². The topological polar surface area (TPSA) is 602 Å². The minimum Gasteiger partial charge on any atom is -0.397 e. The van der Waals surface area contributed by atoms with Crippen molar-refractivity contribution in [2.45, 2.75) is 34.6 Å². The minimum absolute atomic E-state index is 0. The largest absolute Gasteiger partial charge is 3.00 e. The Bertz CT molecular complexity index is 6780. The third-order valence-electron chi connectivity index (χ3n) is 19.9. The molecule has 0 radical (unpaired) electrons. The molecule has 0 amide bonds. The van der Waals surface area contributed by atoms with Crippen LogP contribution in [0.1, 0.15) is 34.6 Å². The molecule has 0 unspecified atom stereocenters. The normalized spacial score (nSPS) is 10.4. The van der Waals surface area contributed by atoms with Gasteiger partial charge in [0.05, 0.1) is 135 Å². The number of aliphatic hydroxyl groups is 5. The molecule has 0 bridgehead atoms. The molecule has 6 aromatic carbocycles. The second kappa shape index (κ2) is 53.2. The summed E-state index contributed by atoms with van der Waals surface area (Å²) in [7, 11) is 11.8. The molecule has 0 spiro atoms. The average molecular weight is 2190 g/mol. The molecule has 18 aromatic heterocycles. The molecule has 0 aliphatic heterocycles. The zero-order valence-corrected chi connectivity index (χ0v) is 83.4. The Morgan fingerprint density at radius 2 is 0.371 bits per heavy atom. The van der Waals surface area contributed by atoms with E-state index < -0.39 is 0 Å². The van der Waals surface area contributed by atoms with Crippen molar-refractivity contribution in [3.63, 3.8) is 0 Å². The van der Waals surface area contributed by atoms with Crippen molar-refractivity contribution in [3.05, 3.63) is 255 Å². The van der Waals surface area contributed by atoms with Crippen molar-refractivity contribution in [1.29, 1.82) is 0 Å². The Balaban J connectivity index is 0.000000148. The van der Waals surface area contributed by atoms with E-state index in [0.29, 0.717) is 69.1 Å². The van der Waals surface area contributed by atoms with Gasteiger partial charge in [-0.25, -0.2) is 75.1 Å². The van der Waals surface area contributed by atoms with Gasteiger partial charge in [0.25, 0.3) is 0 Å². The van der Waals surface area contributed by atoms with Crippen molar-refractivity contribution in [2.75, 3.05) is 33.0 Å². The Morgan fingerprint density at radius 1 is 0.203 bits per heavy atom. The maximum absolute atomic E-state index is 7.57. The number of pyridine rings is 6. The molecule has 720 valence electrons. The molecule has 0 aliphatic rings. The third kappa shape index (κ3) is 26.4. The standard InChI is InChI=1S/6C14H10N7.5C2H6O.2Eu/c6*1-21-12-8-3-2-5-9(12)16-14(21)11-7-4-6-10(15-11)13-17-19-20-18-13;5*1-2-3;;/h6*2-8H,1H3;5*3H,2H2,1H3;;/q6*-1;;;;;;2*+3. The van der Waals surface area contributed by atoms with Gasteiger partial charge < -0.3 is 83.5 Å². The van der Waals surface area contributed by atoms with Gasteiger partial charge in [0.2, 0.25) is 0 Å². The molecular formula is C94H90Eu2N42O5. The van der Waals surface area contributed by atoms with Crippen molar-refractivity contribution in [1.82, 2.24) is 211 Å². The number of para-hydroxylation sites is 12. The number of benzene rings is 6. The summed E-state index contributed by atoms with van der Waals surface area (Å²) in [5.41, 5.74) is 20.4. The van der Waals surface area contributed by atoms with E-state index in [1.54, 1.807) is 34.6 Å². The molecule has 24 rings (SSSR count). The first kappa shape index (κ1) is 106. The number of fused-ring (bicyclic) bond motifs is 6. The summed E-state index contributed by atoms with van der Waals surface area (Å²) < 4.78 is 12.1. The predicted molar refractivity (Wildman–Crippen MR) is 520 cm³/mol. The fourth-order valence-corrected chi connectivity index (χ4v) is 13.8. The zero-order valence-electron chi connectivity index (χ0n) is 78.6. The van der Waals surface area contributed by atoms with Crippen LogP contribution in [-0.2, 0) is 42.3 Å². The molecular weight excluding hydrogens is 2100 g/mol. The van der Waals surface area contributed by atoms with E-state index in [2.05, 4.69) is 184 Å². The van der Waals surface area contributed by atoms with Crippen LogP contribution in [-0.4, -0.2) is 239 Å². The molecule has 47 nitrogen and oxygen atoms in total. The average Bonchev–Trinajstić information content (AvgIpc) is 1.66. The van der Waals surface area contributed by atoms with Crippen molar-refractivity contribution in [2.24, 2.45) is 42.3 Å². The van der Waals surface area contributed by atoms with E-state index in [0.717, 1.165) is 135 Å². The number of rotatable bonds is 12. The first-order valence-corrected chi connectivity index (χ1v) is 43.6. The molecule has 0 fully saturated rings. The number of aryl methyl sites for hydroxylation is 6. The zero-order chi connectivity index (χ0) is 98.9. The van der Waals surface area contributed by atoms with Gasteiger partial charge in [-0.15, -0.1) is 0 Å². The minimum atomic E-state index is 0. The van der Waals surface area contributed by atoms with E-state index in [1.807, 2.05) is 324 Å². The van der Waals surface area contributed by atoms with Gasteiger partial charge in [-0.3, -0.25) is 62.2 Å². The molecule has 24 aromatic rings. The molecule has 0 saturated heterocycles. The monoisotopic (exact) mass is 2190 g/mol. The summed E-state index contributed by atoms with van der Waals surface area (Å²) in [5.74, 6) is 7.26. The van der Waals surface area contributed by atoms with Crippen molar-refractivity contribution < 1.29 is 124 Å². The van der Waals surface area contributed by atoms with Crippen LogP contribution in [0.25, 0.3) is 204 Å². The first-order valence-electron chi connectivity index (χ1n) is 43.6. The second-order valence-corrected chi connectivity index (χ2v) is 29.1. The van der Waals surface area contributed by atoms with Crippen molar-refractivity contribution in [3.8, 4) is 138 Å². The summed E-state index contributed by atoms with van der Waals surface area (Å²) in [6, 6.07) is 81.7. The van der Waals surface area contributed by atoms with Gasteiger partial charge in [-0.2, -0.15) is 15.6 Å². The Hall–Kier alpha value is -15.6. The Morgan fingerprint density at radius 3 is 0.531 bits per heavy atom. The van der Waals surface area contributed by atoms with Crippen LogP contribution in [0.4, 0.5) is 0 Å². The maximum atomic E-state index is 7.57. The molecule has 49 heteroatoms. The quantitative estimate of drug-likeness (QED) is 0.0763. The number of imidazole rings is 6. The van der Waals surface area contributed by atoms with Crippen LogP contribution in [0.3, 0.4) is 0 Å². The first-order chi connectivity index (χ1) is 69.0. The SMILES string of the molecule is CCO.CCO.CCO.CCO.CCO.Cn1c(-c2cccc(-c3nn[n-]n3)n2)nc2ccccc21.Cn1c(-c2cccc(-c3nn[n-]n3)n2)nc2ccccc21.Cn1c(-c2cccc(-c3nn[n-]n3)n2)nc2ccccc21.Cn1c(-c2cccc(-c3nnn[n-]3)n2)nc2ccccc21.Cn1c(-c2cccc(-c3nnn[n-]3)n2)nc2ccccc21.Cn1c(-c2cccc(-c3nnn[n-]3)n2)nc2ccccc21.[Eu+3].[Eu+3]. The number of aromatic nitrogens is 42. The van der Waals surface area contributed by atoms with Gasteiger partial charge in [0.15, 0.2) is 34.9 Å². The number of nitrogens with zero attached hydrogens (tertiary/aromatic N) is 42. The van der Waals surface area contributed by atoms with E-state index in [4.69, 9.17) is 25.5 Å². The number of aliphatic hydroxyl groups excluding tert-OH is 5. The summed E-state index contributed by atoms with van der Waals surface area (Å²) in [5, 5.41) is 126. The van der Waals surface area contributed by atoms with E-state index in [9.17, 15) is 0 Å². The molecule has 143 heavy (non-hydrogen) atoms. The number of hydrogen-bond donors (Lipinski definition) is 5. The molecule has 0 aliphatic carbocycles. The molecule has 0 atom stereocenters. The smallest absolute Gasteiger partial charge is 0.397 e. The fourth-order valence-electron chi connectivity index (χ4n) is 13.8. The summed E-state index contributed by atoms with van der Waals surface area (Å²) in [6.45, 7) is 9.65. The molecule has 0 saturated carbocycles. The molecule has 18 heterocycles. The van der Waals surface area contributed by atoms with Crippen LogP contribution in [0.5, 0.6) is 0 Å². The van der Waals surface area contributed by atoms with E-state index >= 15 is 0 Å². The van der Waals surface area contributed by atoms with Crippen LogP contribution in [0.2, 0.25) is 0 Å². The van der Waals surface area contributed by atoms with Gasteiger partial charge in [0.1, 0.15) is 34.2 Å². The van der Waals surface area contributed by atoms with Gasteiger partial charge in [0, 0.05) is 75.3 Å². The predicted octanol–water partition coefficient (Wildman–Crippen LogP) is 8.66. The van der Waals surface area contributed by atoms with E-state index in [1.165, 1.54) is 0 Å². The molecule has 5 N–H and O–H groups in total. The van der Waals surface area contributed by atoms with Crippen LogP contribution in [0.15, 0.2) is 255 Å². The van der Waals surface area contributed by atoms with Gasteiger partial charge in [-0.1, -0.05) is 109 Å². The maximum Gasteiger partial charge on any atom is 3.00 e. The van der Waals surface area contributed by atoms with Crippen molar-refractivity contribution >= 4 is 66.2 Å². The van der Waals surface area contributed by atoms with Crippen LogP contribution < -0.4 is 30.9 Å². The summed E-state index contributed by atoms with van der Waals surface area (Å²) in [6.07, 6.45) is 0. The van der Waals surface area contributed by atoms with Crippen LogP contribution >= 0.6 is 0 Å². The summed E-state index contributed by atoms with van der Waals surface area (Å²) >= 11 is 0. The second-order valence-electron chi connectivity index (χ2n) is 29.1. The van der Waals surface area contributed by atoms with Crippen LogP contribution in [0, 0.1) is 98.8 Å². The number of hydrogen-bond acceptors (Lipinski definition) is 35. The van der Waals surface area contributed by atoms with Gasteiger partial charge in [-0.05, 0) is 180 Å².